The molecule has 8 nitrogen and oxygen atoms in total. The minimum Gasteiger partial charge on any atom is -0.490 e. The molecule has 1 aliphatic rings. The Labute approximate surface area is 228 Å². The zero-order valence-electron chi connectivity index (χ0n) is 22.6. The second-order valence-corrected chi connectivity index (χ2v) is 9.85. The lowest BCUT2D eigenvalue weighted by molar-refractivity contribution is -0.122. The van der Waals surface area contributed by atoms with Crippen LogP contribution >= 0.6 is 0 Å². The van der Waals surface area contributed by atoms with E-state index in [1.54, 1.807) is 6.20 Å². The van der Waals surface area contributed by atoms with E-state index in [0.717, 1.165) is 46.2 Å². The van der Waals surface area contributed by atoms with Gasteiger partial charge < -0.3 is 31.2 Å². The highest BCUT2D eigenvalue weighted by Gasteiger charge is 2.24. The Balaban J connectivity index is 1.46. The minimum atomic E-state index is -0.677. The van der Waals surface area contributed by atoms with Gasteiger partial charge in [-0.05, 0) is 91.7 Å². The van der Waals surface area contributed by atoms with Crippen molar-refractivity contribution in [3.63, 3.8) is 0 Å². The molecule has 1 aliphatic heterocycles. The number of anilines is 3. The van der Waals surface area contributed by atoms with E-state index >= 15 is 0 Å². The predicted octanol–water partition coefficient (Wildman–Crippen LogP) is 5.44. The summed E-state index contributed by atoms with van der Waals surface area (Å²) in [7, 11) is 0. The van der Waals surface area contributed by atoms with Crippen molar-refractivity contribution in [2.75, 3.05) is 29.5 Å². The van der Waals surface area contributed by atoms with Gasteiger partial charge in [-0.3, -0.25) is 4.79 Å². The topological polar surface area (TPSA) is 111 Å². The fraction of sp³-hybridized carbons (Fsp3) is 0.290. The summed E-state index contributed by atoms with van der Waals surface area (Å²) in [5, 5.41) is 11.8. The SMILES string of the molecule is CCOc1cc(C(Nc2ccc3c(N)nccc3c2)C(=O)NCc2cccc3c2CCN3)ccc1OC(C)C. The molecule has 0 saturated heterocycles. The number of fused-ring (bicyclic) bond motifs is 2. The number of amides is 1. The lowest BCUT2D eigenvalue weighted by Crippen LogP contribution is -2.33. The molecule has 0 bridgehead atoms. The van der Waals surface area contributed by atoms with Crippen molar-refractivity contribution in [1.82, 2.24) is 10.3 Å². The second kappa shape index (κ2) is 11.5. The highest BCUT2D eigenvalue weighted by molar-refractivity contribution is 5.94. The van der Waals surface area contributed by atoms with E-state index in [1.165, 1.54) is 5.56 Å². The second-order valence-electron chi connectivity index (χ2n) is 9.85. The molecule has 0 radical (unpaired) electrons. The molecule has 0 saturated carbocycles. The average Bonchev–Trinajstić information content (AvgIpc) is 3.41. The molecule has 2 heterocycles. The van der Waals surface area contributed by atoms with Crippen molar-refractivity contribution in [2.24, 2.45) is 0 Å². The van der Waals surface area contributed by atoms with E-state index in [0.29, 0.717) is 30.5 Å². The summed E-state index contributed by atoms with van der Waals surface area (Å²) < 4.78 is 11.8. The van der Waals surface area contributed by atoms with E-state index in [2.05, 4.69) is 33.1 Å². The van der Waals surface area contributed by atoms with Gasteiger partial charge in [-0.15, -0.1) is 0 Å². The molecule has 0 aliphatic carbocycles. The molecule has 1 aromatic heterocycles. The van der Waals surface area contributed by atoms with Gasteiger partial charge >= 0.3 is 0 Å². The summed E-state index contributed by atoms with van der Waals surface area (Å²) in [6.07, 6.45) is 2.63. The maximum absolute atomic E-state index is 13.8. The minimum absolute atomic E-state index is 0.00565. The predicted molar refractivity (Wildman–Crippen MR) is 156 cm³/mol. The van der Waals surface area contributed by atoms with Crippen LogP contribution in [0.15, 0.2) is 66.9 Å². The molecular formula is C31H35N5O3. The number of aromatic nitrogens is 1. The number of nitrogens with two attached hydrogens (primary N) is 1. The summed E-state index contributed by atoms with van der Waals surface area (Å²) >= 11 is 0. The smallest absolute Gasteiger partial charge is 0.247 e. The first-order valence-electron chi connectivity index (χ1n) is 13.4. The molecule has 5 N–H and O–H groups in total. The van der Waals surface area contributed by atoms with Crippen LogP contribution in [-0.2, 0) is 17.8 Å². The summed E-state index contributed by atoms with van der Waals surface area (Å²) in [5.41, 5.74) is 11.1. The summed E-state index contributed by atoms with van der Waals surface area (Å²) in [5.74, 6) is 1.58. The Hall–Kier alpha value is -4.46. The Kier molecular flexibility index (Phi) is 7.72. The number of carbonyl (C=O) groups is 1. The first-order valence-corrected chi connectivity index (χ1v) is 13.4. The highest BCUT2D eigenvalue weighted by atomic mass is 16.5. The first kappa shape index (κ1) is 26.2. The van der Waals surface area contributed by atoms with Crippen LogP contribution < -0.4 is 31.2 Å². The largest absolute Gasteiger partial charge is 0.490 e. The highest BCUT2D eigenvalue weighted by Crippen LogP contribution is 2.34. The van der Waals surface area contributed by atoms with Crippen LogP contribution in [-0.4, -0.2) is 30.1 Å². The molecular weight excluding hydrogens is 490 g/mol. The third-order valence-electron chi connectivity index (χ3n) is 6.75. The van der Waals surface area contributed by atoms with Crippen molar-refractivity contribution in [2.45, 2.75) is 45.9 Å². The Morgan fingerprint density at radius 1 is 1.10 bits per heavy atom. The number of rotatable bonds is 10. The number of nitrogen functional groups attached to an aromatic ring is 1. The zero-order valence-corrected chi connectivity index (χ0v) is 22.6. The molecule has 202 valence electrons. The van der Waals surface area contributed by atoms with Crippen LogP contribution in [0.3, 0.4) is 0 Å². The Morgan fingerprint density at radius 2 is 1.97 bits per heavy atom. The third-order valence-corrected chi connectivity index (χ3v) is 6.75. The maximum atomic E-state index is 13.8. The van der Waals surface area contributed by atoms with E-state index in [1.807, 2.05) is 69.3 Å². The number of pyridine rings is 1. The van der Waals surface area contributed by atoms with Crippen molar-refractivity contribution >= 4 is 33.9 Å². The number of nitrogens with one attached hydrogen (secondary N) is 3. The molecule has 1 unspecified atom stereocenters. The van der Waals surface area contributed by atoms with Gasteiger partial charge in [0.1, 0.15) is 11.9 Å². The van der Waals surface area contributed by atoms with Crippen LogP contribution in [0.25, 0.3) is 10.8 Å². The Morgan fingerprint density at radius 3 is 2.79 bits per heavy atom. The van der Waals surface area contributed by atoms with Gasteiger partial charge in [0, 0.05) is 36.0 Å². The fourth-order valence-electron chi connectivity index (χ4n) is 4.95. The van der Waals surface area contributed by atoms with Gasteiger partial charge in [0.05, 0.1) is 12.7 Å². The number of ether oxygens (including phenoxy) is 2. The average molecular weight is 526 g/mol. The number of nitrogens with zero attached hydrogens (tertiary/aromatic N) is 1. The number of benzene rings is 3. The van der Waals surface area contributed by atoms with E-state index in [9.17, 15) is 4.79 Å². The van der Waals surface area contributed by atoms with E-state index < -0.39 is 6.04 Å². The van der Waals surface area contributed by atoms with E-state index in [-0.39, 0.29) is 12.0 Å². The third kappa shape index (κ3) is 5.85. The molecule has 0 spiro atoms. The Bertz CT molecular complexity index is 1490. The van der Waals surface area contributed by atoms with Crippen LogP contribution in [0.2, 0.25) is 0 Å². The quantitative estimate of drug-likeness (QED) is 0.218. The number of hydrogen-bond acceptors (Lipinski definition) is 7. The van der Waals surface area contributed by atoms with Gasteiger partial charge in [-0.2, -0.15) is 0 Å². The summed E-state index contributed by atoms with van der Waals surface area (Å²) in [4.78, 5) is 18.0. The number of hydrogen-bond donors (Lipinski definition) is 4. The lowest BCUT2D eigenvalue weighted by atomic mass is 10.0. The lowest BCUT2D eigenvalue weighted by Gasteiger charge is -2.23. The standard InChI is InChI=1S/C31H35N5O3/c1-4-38-28-17-21(8-11-27(28)39-19(2)3)29(36-23-9-10-25-20(16-23)12-14-34-30(25)32)31(37)35-18-22-6-5-7-26-24(22)13-15-33-26/h5-12,14,16-17,19,29,33,36H,4,13,15,18H2,1-3H3,(H2,32,34)(H,35,37). The van der Waals surface area contributed by atoms with Gasteiger partial charge in [0.15, 0.2) is 11.5 Å². The van der Waals surface area contributed by atoms with Crippen molar-refractivity contribution in [3.05, 3.63) is 83.6 Å². The monoisotopic (exact) mass is 525 g/mol. The van der Waals surface area contributed by atoms with Crippen LogP contribution in [0.5, 0.6) is 11.5 Å². The van der Waals surface area contributed by atoms with Crippen LogP contribution in [0.4, 0.5) is 17.2 Å². The molecule has 1 atom stereocenters. The number of carbonyl (C=O) groups excluding carboxylic acids is 1. The molecule has 39 heavy (non-hydrogen) atoms. The van der Waals surface area contributed by atoms with Gasteiger partial charge in [0.25, 0.3) is 0 Å². The summed E-state index contributed by atoms with van der Waals surface area (Å²) in [6, 6.07) is 18.9. The van der Waals surface area contributed by atoms with Gasteiger partial charge in [-0.1, -0.05) is 18.2 Å². The van der Waals surface area contributed by atoms with Crippen molar-refractivity contribution in [3.8, 4) is 11.5 Å². The zero-order chi connectivity index (χ0) is 27.4. The van der Waals surface area contributed by atoms with Gasteiger partial charge in [-0.25, -0.2) is 4.98 Å². The van der Waals surface area contributed by atoms with Crippen molar-refractivity contribution in [1.29, 1.82) is 0 Å². The molecule has 8 heteroatoms. The fourth-order valence-corrected chi connectivity index (χ4v) is 4.95. The van der Waals surface area contributed by atoms with Crippen molar-refractivity contribution < 1.29 is 14.3 Å². The normalized spacial score (nSPS) is 13.0. The van der Waals surface area contributed by atoms with Crippen LogP contribution in [0, 0.1) is 0 Å². The molecule has 1 amide bonds. The van der Waals surface area contributed by atoms with E-state index in [4.69, 9.17) is 15.2 Å². The molecule has 4 aromatic rings. The van der Waals surface area contributed by atoms with Crippen LogP contribution in [0.1, 0.15) is 43.5 Å². The summed E-state index contributed by atoms with van der Waals surface area (Å²) in [6.45, 7) is 7.71. The first-order chi connectivity index (χ1) is 18.9. The maximum Gasteiger partial charge on any atom is 0.247 e. The molecule has 5 rings (SSSR count). The van der Waals surface area contributed by atoms with Gasteiger partial charge in [0.2, 0.25) is 5.91 Å². The molecule has 0 fully saturated rings. The molecule has 3 aromatic carbocycles.